The highest BCUT2D eigenvalue weighted by atomic mass is 19.1. The van der Waals surface area contributed by atoms with Crippen molar-refractivity contribution in [1.29, 1.82) is 0 Å². The Labute approximate surface area is 119 Å². The van der Waals surface area contributed by atoms with Gasteiger partial charge in [0.1, 0.15) is 11.4 Å². The molecule has 1 aromatic carbocycles. The summed E-state index contributed by atoms with van der Waals surface area (Å²) < 4.78 is 13.8. The first kappa shape index (κ1) is 16.1. The van der Waals surface area contributed by atoms with Crippen LogP contribution in [0.25, 0.3) is 0 Å². The molecule has 0 aromatic heterocycles. The average molecular weight is 280 g/mol. The fraction of sp³-hybridized carbons (Fsp3) is 0.467. The largest absolute Gasteiger partial charge is 0.389 e. The van der Waals surface area contributed by atoms with Crippen LogP contribution >= 0.6 is 0 Å². The third-order valence-electron chi connectivity index (χ3n) is 2.29. The highest BCUT2D eigenvalue weighted by Crippen LogP contribution is 2.12. The van der Waals surface area contributed by atoms with E-state index in [0.717, 1.165) is 6.42 Å². The Bertz CT molecular complexity index is 493. The van der Waals surface area contributed by atoms with Crippen molar-refractivity contribution in [2.75, 3.05) is 6.54 Å². The minimum atomic E-state index is -0.554. The summed E-state index contributed by atoms with van der Waals surface area (Å²) in [5, 5.41) is 6.52. The number of oxime groups is 1. The molecular formula is C15H21FN2O2. The second-order valence-electron chi connectivity index (χ2n) is 5.38. The molecule has 0 bridgehead atoms. The maximum absolute atomic E-state index is 13.8. The third kappa shape index (κ3) is 4.99. The van der Waals surface area contributed by atoms with E-state index in [0.29, 0.717) is 6.54 Å². The third-order valence-corrected chi connectivity index (χ3v) is 2.29. The Morgan fingerprint density at radius 1 is 1.35 bits per heavy atom. The fourth-order valence-electron chi connectivity index (χ4n) is 1.37. The van der Waals surface area contributed by atoms with Crippen LogP contribution in [0, 0.1) is 5.82 Å². The van der Waals surface area contributed by atoms with Crippen molar-refractivity contribution in [2.45, 2.75) is 39.7 Å². The molecule has 0 saturated carbocycles. The van der Waals surface area contributed by atoms with Crippen LogP contribution in [-0.2, 0) is 9.63 Å². The van der Waals surface area contributed by atoms with Crippen LogP contribution in [0.2, 0.25) is 0 Å². The van der Waals surface area contributed by atoms with Crippen molar-refractivity contribution in [3.8, 4) is 0 Å². The zero-order valence-corrected chi connectivity index (χ0v) is 12.4. The summed E-state index contributed by atoms with van der Waals surface area (Å²) in [6.45, 7) is 7.85. The zero-order valence-electron chi connectivity index (χ0n) is 12.4. The van der Waals surface area contributed by atoms with Gasteiger partial charge < -0.3 is 10.2 Å². The lowest BCUT2D eigenvalue weighted by atomic mass is 10.1. The molecule has 110 valence electrons. The molecule has 0 aliphatic carbocycles. The van der Waals surface area contributed by atoms with Gasteiger partial charge in [-0.3, -0.25) is 4.79 Å². The maximum Gasteiger partial charge on any atom is 0.274 e. The van der Waals surface area contributed by atoms with Crippen LogP contribution in [0.5, 0.6) is 0 Å². The topological polar surface area (TPSA) is 50.7 Å². The van der Waals surface area contributed by atoms with Gasteiger partial charge in [-0.05, 0) is 39.3 Å². The standard InChI is InChI=1S/C15H21FN2O2/c1-5-10-17-14(19)13(18-20-15(2,3)4)11-8-6-7-9-12(11)16/h6-9H,5,10H2,1-4H3,(H,17,19). The Morgan fingerprint density at radius 3 is 2.55 bits per heavy atom. The summed E-state index contributed by atoms with van der Waals surface area (Å²) in [4.78, 5) is 17.3. The highest BCUT2D eigenvalue weighted by Gasteiger charge is 2.20. The van der Waals surface area contributed by atoms with Crippen molar-refractivity contribution in [3.05, 3.63) is 35.6 Å². The minimum absolute atomic E-state index is 0.0496. The van der Waals surface area contributed by atoms with Crippen LogP contribution in [0.4, 0.5) is 4.39 Å². The Hall–Kier alpha value is -1.91. The number of rotatable bonds is 5. The van der Waals surface area contributed by atoms with Crippen molar-refractivity contribution >= 4 is 11.6 Å². The fourth-order valence-corrected chi connectivity index (χ4v) is 1.37. The molecule has 0 heterocycles. The molecule has 1 aromatic rings. The van der Waals surface area contributed by atoms with E-state index in [1.54, 1.807) is 32.9 Å². The van der Waals surface area contributed by atoms with E-state index >= 15 is 0 Å². The van der Waals surface area contributed by atoms with Gasteiger partial charge in [-0.1, -0.05) is 24.2 Å². The minimum Gasteiger partial charge on any atom is -0.389 e. The molecule has 0 atom stereocenters. The van der Waals surface area contributed by atoms with E-state index in [-0.39, 0.29) is 11.3 Å². The van der Waals surface area contributed by atoms with E-state index < -0.39 is 17.3 Å². The van der Waals surface area contributed by atoms with Crippen molar-refractivity contribution < 1.29 is 14.0 Å². The first-order valence-corrected chi connectivity index (χ1v) is 6.64. The lowest BCUT2D eigenvalue weighted by molar-refractivity contribution is -0.115. The van der Waals surface area contributed by atoms with Crippen molar-refractivity contribution in [1.82, 2.24) is 5.32 Å². The van der Waals surface area contributed by atoms with Gasteiger partial charge >= 0.3 is 0 Å². The molecule has 5 heteroatoms. The molecule has 0 fully saturated rings. The first-order chi connectivity index (χ1) is 9.35. The van der Waals surface area contributed by atoms with E-state index in [1.807, 2.05) is 6.92 Å². The van der Waals surface area contributed by atoms with Gasteiger partial charge in [0.25, 0.3) is 5.91 Å². The van der Waals surface area contributed by atoms with Gasteiger partial charge in [0, 0.05) is 12.1 Å². The quantitative estimate of drug-likeness (QED) is 0.666. The summed E-state index contributed by atoms with van der Waals surface area (Å²) in [5.74, 6) is -0.948. The number of amides is 1. The average Bonchev–Trinajstić information content (AvgIpc) is 2.37. The van der Waals surface area contributed by atoms with Crippen LogP contribution in [0.3, 0.4) is 0 Å². The summed E-state index contributed by atoms with van der Waals surface area (Å²) in [6.07, 6.45) is 0.788. The van der Waals surface area contributed by atoms with Gasteiger partial charge in [0.2, 0.25) is 0 Å². The molecule has 1 rings (SSSR count). The molecule has 1 amide bonds. The highest BCUT2D eigenvalue weighted by molar-refractivity contribution is 6.45. The molecule has 20 heavy (non-hydrogen) atoms. The molecule has 4 nitrogen and oxygen atoms in total. The van der Waals surface area contributed by atoms with Crippen LogP contribution in [0.1, 0.15) is 39.7 Å². The molecule has 0 aliphatic heterocycles. The molecule has 0 radical (unpaired) electrons. The predicted molar refractivity (Wildman–Crippen MR) is 77.1 cm³/mol. The van der Waals surface area contributed by atoms with E-state index in [4.69, 9.17) is 4.84 Å². The van der Waals surface area contributed by atoms with Crippen LogP contribution in [0.15, 0.2) is 29.4 Å². The molecule has 0 spiro atoms. The summed E-state index contributed by atoms with van der Waals surface area (Å²) in [5.41, 5.74) is -0.474. The Kier molecular flexibility index (Phi) is 5.67. The number of benzene rings is 1. The monoisotopic (exact) mass is 280 g/mol. The molecule has 1 N–H and O–H groups in total. The number of carbonyl (C=O) groups is 1. The molecular weight excluding hydrogens is 259 g/mol. The molecule has 0 aliphatic rings. The van der Waals surface area contributed by atoms with Gasteiger partial charge in [-0.15, -0.1) is 0 Å². The second kappa shape index (κ2) is 7.03. The van der Waals surface area contributed by atoms with Crippen LogP contribution in [-0.4, -0.2) is 23.8 Å². The van der Waals surface area contributed by atoms with Gasteiger partial charge in [0.15, 0.2) is 5.71 Å². The number of hydrogen-bond donors (Lipinski definition) is 1. The Morgan fingerprint density at radius 2 is 2.00 bits per heavy atom. The lowest BCUT2D eigenvalue weighted by Gasteiger charge is -2.17. The number of nitrogens with zero attached hydrogens (tertiary/aromatic N) is 1. The van der Waals surface area contributed by atoms with Crippen molar-refractivity contribution in [3.63, 3.8) is 0 Å². The first-order valence-electron chi connectivity index (χ1n) is 6.64. The number of halogens is 1. The maximum atomic E-state index is 13.8. The van der Waals surface area contributed by atoms with E-state index in [9.17, 15) is 9.18 Å². The number of carbonyl (C=O) groups excluding carboxylic acids is 1. The van der Waals surface area contributed by atoms with E-state index in [1.165, 1.54) is 12.1 Å². The summed E-state index contributed by atoms with van der Waals surface area (Å²) in [6, 6.07) is 6.00. The Balaban J connectivity index is 3.08. The summed E-state index contributed by atoms with van der Waals surface area (Å²) >= 11 is 0. The van der Waals surface area contributed by atoms with Crippen LogP contribution < -0.4 is 5.32 Å². The normalized spacial score (nSPS) is 12.2. The van der Waals surface area contributed by atoms with Crippen molar-refractivity contribution in [2.24, 2.45) is 5.16 Å². The van der Waals surface area contributed by atoms with Gasteiger partial charge in [-0.2, -0.15) is 0 Å². The molecule has 0 saturated heterocycles. The SMILES string of the molecule is CCCNC(=O)C(=NOC(C)(C)C)c1ccccc1F. The van der Waals surface area contributed by atoms with E-state index in [2.05, 4.69) is 10.5 Å². The lowest BCUT2D eigenvalue weighted by Crippen LogP contribution is -2.33. The smallest absolute Gasteiger partial charge is 0.274 e. The second-order valence-corrected chi connectivity index (χ2v) is 5.38. The van der Waals surface area contributed by atoms with Gasteiger partial charge in [0.05, 0.1) is 0 Å². The number of hydrogen-bond acceptors (Lipinski definition) is 3. The number of nitrogens with one attached hydrogen (secondary N) is 1. The summed E-state index contributed by atoms with van der Waals surface area (Å²) in [7, 11) is 0. The molecule has 0 unspecified atom stereocenters. The van der Waals surface area contributed by atoms with Gasteiger partial charge in [-0.25, -0.2) is 4.39 Å². The predicted octanol–water partition coefficient (Wildman–Crippen LogP) is 2.87. The zero-order chi connectivity index (χ0) is 15.2.